The van der Waals surface area contributed by atoms with E-state index in [0.29, 0.717) is 11.1 Å². The van der Waals surface area contributed by atoms with Gasteiger partial charge in [0.25, 0.3) is 0 Å². The minimum Gasteiger partial charge on any atom is -0.294 e. The van der Waals surface area contributed by atoms with Crippen molar-refractivity contribution in [1.82, 2.24) is 0 Å². The fourth-order valence-electron chi connectivity index (χ4n) is 1.52. The zero-order valence-corrected chi connectivity index (χ0v) is 10.7. The van der Waals surface area contributed by atoms with Crippen LogP contribution in [0.1, 0.15) is 28.8 Å². The van der Waals surface area contributed by atoms with Crippen molar-refractivity contribution in [3.05, 3.63) is 35.1 Å². The first-order chi connectivity index (χ1) is 7.79. The van der Waals surface area contributed by atoms with E-state index in [1.807, 2.05) is 0 Å². The largest absolute Gasteiger partial charge is 0.294 e. The number of benzene rings is 1. The molecule has 0 unspecified atom stereocenters. The highest BCUT2D eigenvalue weighted by atomic mass is 32.2. The van der Waals surface area contributed by atoms with Gasteiger partial charge in [-0.05, 0) is 31.0 Å². The van der Waals surface area contributed by atoms with E-state index >= 15 is 0 Å². The normalized spacial score (nSPS) is 11.5. The number of carbonyl (C=O) groups is 1. The number of carbonyl (C=O) groups excluding carboxylic acids is 1. The van der Waals surface area contributed by atoms with Crippen LogP contribution in [0.5, 0.6) is 0 Å². The number of rotatable bonds is 5. The van der Waals surface area contributed by atoms with Gasteiger partial charge in [0.1, 0.15) is 15.7 Å². The van der Waals surface area contributed by atoms with Gasteiger partial charge in [-0.25, -0.2) is 12.8 Å². The van der Waals surface area contributed by atoms with Crippen molar-refractivity contribution in [1.29, 1.82) is 0 Å². The molecule has 0 fully saturated rings. The van der Waals surface area contributed by atoms with E-state index in [4.69, 9.17) is 0 Å². The molecule has 94 valence electrons. The Labute approximate surface area is 101 Å². The highest BCUT2D eigenvalue weighted by molar-refractivity contribution is 7.90. The number of halogens is 1. The van der Waals surface area contributed by atoms with Crippen LogP contribution in [0.2, 0.25) is 0 Å². The van der Waals surface area contributed by atoms with Gasteiger partial charge in [0, 0.05) is 18.2 Å². The van der Waals surface area contributed by atoms with E-state index < -0.39 is 15.7 Å². The minimum atomic E-state index is -3.05. The second kappa shape index (κ2) is 5.40. The highest BCUT2D eigenvalue weighted by Crippen LogP contribution is 2.13. The summed E-state index contributed by atoms with van der Waals surface area (Å²) in [6.45, 7) is 1.73. The zero-order chi connectivity index (χ0) is 13.1. The van der Waals surface area contributed by atoms with E-state index in [-0.39, 0.29) is 24.4 Å². The lowest BCUT2D eigenvalue weighted by Gasteiger charge is -2.04. The van der Waals surface area contributed by atoms with Crippen LogP contribution >= 0.6 is 0 Å². The van der Waals surface area contributed by atoms with Crippen LogP contribution in [0.25, 0.3) is 0 Å². The van der Waals surface area contributed by atoms with E-state index in [0.717, 1.165) is 6.26 Å². The SMILES string of the molecule is Cc1ccc(F)cc1C(=O)CCCS(C)(=O)=O. The Balaban J connectivity index is 2.67. The third-order valence-corrected chi connectivity index (χ3v) is 3.45. The summed E-state index contributed by atoms with van der Waals surface area (Å²) in [5.41, 5.74) is 1.04. The first kappa shape index (κ1) is 13.8. The quantitative estimate of drug-likeness (QED) is 0.760. The van der Waals surface area contributed by atoms with Crippen LogP contribution in [0.4, 0.5) is 4.39 Å². The Hall–Kier alpha value is -1.23. The first-order valence-electron chi connectivity index (χ1n) is 5.26. The predicted molar refractivity (Wildman–Crippen MR) is 64.4 cm³/mol. The van der Waals surface area contributed by atoms with Gasteiger partial charge in [0.2, 0.25) is 0 Å². The molecule has 0 amide bonds. The maximum absolute atomic E-state index is 13.0. The molecule has 0 atom stereocenters. The Morgan fingerprint density at radius 3 is 2.59 bits per heavy atom. The molecule has 0 saturated heterocycles. The van der Waals surface area contributed by atoms with Crippen LogP contribution in [-0.4, -0.2) is 26.2 Å². The lowest BCUT2D eigenvalue weighted by Crippen LogP contribution is -2.07. The third-order valence-electron chi connectivity index (χ3n) is 2.42. The Bertz CT molecular complexity index is 521. The molecule has 1 aromatic carbocycles. The summed E-state index contributed by atoms with van der Waals surface area (Å²) in [6, 6.07) is 4.03. The van der Waals surface area contributed by atoms with Crippen molar-refractivity contribution < 1.29 is 17.6 Å². The van der Waals surface area contributed by atoms with E-state index in [1.165, 1.54) is 12.1 Å². The van der Waals surface area contributed by atoms with Gasteiger partial charge in [-0.2, -0.15) is 0 Å². The summed E-state index contributed by atoms with van der Waals surface area (Å²) in [7, 11) is -3.05. The Kier molecular flexibility index (Phi) is 4.40. The predicted octanol–water partition coefficient (Wildman–Crippen LogP) is 2.14. The van der Waals surface area contributed by atoms with Crippen LogP contribution in [0, 0.1) is 12.7 Å². The summed E-state index contributed by atoms with van der Waals surface area (Å²) in [5, 5.41) is 0. The van der Waals surface area contributed by atoms with Crippen molar-refractivity contribution in [2.24, 2.45) is 0 Å². The van der Waals surface area contributed by atoms with Gasteiger partial charge >= 0.3 is 0 Å². The molecule has 3 nitrogen and oxygen atoms in total. The average molecular weight is 258 g/mol. The van der Waals surface area contributed by atoms with Crippen molar-refractivity contribution >= 4 is 15.6 Å². The molecule has 5 heteroatoms. The van der Waals surface area contributed by atoms with Gasteiger partial charge in [0.15, 0.2) is 5.78 Å². The van der Waals surface area contributed by atoms with Crippen molar-refractivity contribution in [2.75, 3.05) is 12.0 Å². The average Bonchev–Trinajstić information content (AvgIpc) is 2.19. The molecule has 1 aromatic rings. The lowest BCUT2D eigenvalue weighted by atomic mass is 10.0. The van der Waals surface area contributed by atoms with E-state index in [1.54, 1.807) is 13.0 Å². The highest BCUT2D eigenvalue weighted by Gasteiger charge is 2.11. The molecule has 0 aliphatic rings. The summed E-state index contributed by atoms with van der Waals surface area (Å²) < 4.78 is 34.8. The molecule has 1 rings (SSSR count). The Morgan fingerprint density at radius 2 is 2.00 bits per heavy atom. The number of hydrogen-bond donors (Lipinski definition) is 0. The molecule has 0 radical (unpaired) electrons. The number of sulfone groups is 1. The summed E-state index contributed by atoms with van der Waals surface area (Å²) >= 11 is 0. The zero-order valence-electron chi connectivity index (χ0n) is 9.86. The second-order valence-electron chi connectivity index (χ2n) is 4.12. The Morgan fingerprint density at radius 1 is 1.35 bits per heavy atom. The third kappa shape index (κ3) is 4.65. The molecule has 0 spiro atoms. The molecule has 0 heterocycles. The molecule has 0 N–H and O–H groups in total. The van der Waals surface area contributed by atoms with Gasteiger partial charge in [-0.1, -0.05) is 6.07 Å². The topological polar surface area (TPSA) is 51.2 Å². The van der Waals surface area contributed by atoms with Gasteiger partial charge in [0.05, 0.1) is 5.75 Å². The maximum Gasteiger partial charge on any atom is 0.163 e. The molecular formula is C12H15FO3S. The van der Waals surface area contributed by atoms with Gasteiger partial charge in [-0.3, -0.25) is 4.79 Å². The molecule has 0 saturated carbocycles. The summed E-state index contributed by atoms with van der Waals surface area (Å²) in [5.74, 6) is -0.694. The smallest absolute Gasteiger partial charge is 0.163 e. The number of Topliss-reactive ketones (excluding diaryl/α,β-unsaturated/α-hetero) is 1. The van der Waals surface area contributed by atoms with Crippen LogP contribution < -0.4 is 0 Å². The maximum atomic E-state index is 13.0. The lowest BCUT2D eigenvalue weighted by molar-refractivity contribution is 0.0981. The van der Waals surface area contributed by atoms with Gasteiger partial charge < -0.3 is 0 Å². The van der Waals surface area contributed by atoms with Gasteiger partial charge in [-0.15, -0.1) is 0 Å². The first-order valence-corrected chi connectivity index (χ1v) is 7.33. The monoisotopic (exact) mass is 258 g/mol. The van der Waals surface area contributed by atoms with Crippen LogP contribution in [-0.2, 0) is 9.84 Å². The molecule has 0 aliphatic heterocycles. The molecule has 17 heavy (non-hydrogen) atoms. The van der Waals surface area contributed by atoms with Crippen molar-refractivity contribution in [3.8, 4) is 0 Å². The fourth-order valence-corrected chi connectivity index (χ4v) is 2.19. The van der Waals surface area contributed by atoms with E-state index in [9.17, 15) is 17.6 Å². The molecule has 0 aliphatic carbocycles. The molecule has 0 bridgehead atoms. The summed E-state index contributed by atoms with van der Waals surface area (Å²) in [4.78, 5) is 11.7. The molecular weight excluding hydrogens is 243 g/mol. The van der Waals surface area contributed by atoms with Crippen molar-refractivity contribution in [2.45, 2.75) is 19.8 Å². The number of hydrogen-bond acceptors (Lipinski definition) is 3. The second-order valence-corrected chi connectivity index (χ2v) is 6.38. The fraction of sp³-hybridized carbons (Fsp3) is 0.417. The van der Waals surface area contributed by atoms with E-state index in [2.05, 4.69) is 0 Å². The number of ketones is 1. The van der Waals surface area contributed by atoms with Crippen LogP contribution in [0.15, 0.2) is 18.2 Å². The van der Waals surface area contributed by atoms with Crippen molar-refractivity contribution in [3.63, 3.8) is 0 Å². The number of aryl methyl sites for hydroxylation is 1. The summed E-state index contributed by atoms with van der Waals surface area (Å²) in [6.07, 6.45) is 1.52. The minimum absolute atomic E-state index is 0.0207. The standard InChI is InChI=1S/C12H15FO3S/c1-9-5-6-10(13)8-11(9)12(14)4-3-7-17(2,15)16/h5-6,8H,3-4,7H2,1-2H3. The van der Waals surface area contributed by atoms with Crippen LogP contribution in [0.3, 0.4) is 0 Å². The molecule has 0 aromatic heterocycles.